The number of carbonyl (C=O) groups is 6. The van der Waals surface area contributed by atoms with Gasteiger partial charge in [0.15, 0.2) is 0 Å². The number of hydrogen-bond acceptors (Lipinski definition) is 11. The van der Waals surface area contributed by atoms with Crippen molar-refractivity contribution in [2.75, 3.05) is 59.2 Å². The maximum absolute atomic E-state index is 11.9. The molecule has 0 aliphatic rings. The van der Waals surface area contributed by atoms with Gasteiger partial charge in [0.2, 0.25) is 35.4 Å². The van der Waals surface area contributed by atoms with Gasteiger partial charge in [0.1, 0.15) is 0 Å². The summed E-state index contributed by atoms with van der Waals surface area (Å²) in [6.45, 7) is 2.17. The lowest BCUT2D eigenvalue weighted by Crippen LogP contribution is -2.34. The monoisotopic (exact) mass is 578 g/mol. The van der Waals surface area contributed by atoms with E-state index in [1.165, 1.54) is 0 Å². The summed E-state index contributed by atoms with van der Waals surface area (Å²) in [5.41, 5.74) is 4.93. The van der Waals surface area contributed by atoms with Crippen molar-refractivity contribution in [3.05, 3.63) is 0 Å². The fourth-order valence-corrected chi connectivity index (χ4v) is 2.85. The lowest BCUT2D eigenvalue weighted by Gasteiger charge is -2.15. The molecule has 0 aliphatic heterocycles. The van der Waals surface area contributed by atoms with Gasteiger partial charge in [0, 0.05) is 58.2 Å². The second-order valence-electron chi connectivity index (χ2n) is 8.44. The van der Waals surface area contributed by atoms with Gasteiger partial charge >= 0.3 is 0 Å². The van der Waals surface area contributed by atoms with Crippen molar-refractivity contribution in [3.63, 3.8) is 0 Å². The number of nitrogens with one attached hydrogen (secondary N) is 2. The van der Waals surface area contributed by atoms with Crippen LogP contribution in [0.25, 0.3) is 0 Å². The number of rotatable bonds is 23. The highest BCUT2D eigenvalue weighted by atomic mass is 16.5. The van der Waals surface area contributed by atoms with Crippen LogP contribution in [0.2, 0.25) is 0 Å². The first kappa shape index (κ1) is 36.6. The third-order valence-corrected chi connectivity index (χ3v) is 5.05. The molecule has 0 bridgehead atoms. The minimum Gasteiger partial charge on any atom is -0.378 e. The zero-order valence-corrected chi connectivity index (χ0v) is 22.8. The number of ether oxygens (including phenoxy) is 2. The molecule has 230 valence electrons. The Kier molecular flexibility index (Phi) is 20.5. The standard InChI is InChI=1S/C23H42N6O11/c1-2-11-27(36)22(34)7-4-19(31)25-9-15-40-17-13-29(38)23(35)8-5-20(32)26-10-14-39-16-12-28(37)21(33)6-3-18(24)30/h36-38H,2-17H2,1H3,(H2,24,30)(H,25,31)(H,26,32). The lowest BCUT2D eigenvalue weighted by molar-refractivity contribution is -0.168. The van der Waals surface area contributed by atoms with E-state index in [0.717, 1.165) is 0 Å². The molecule has 0 aromatic heterocycles. The number of hydrogen-bond donors (Lipinski definition) is 6. The minimum absolute atomic E-state index is 0.00923. The molecule has 6 amide bonds. The Morgan fingerprint density at radius 1 is 0.600 bits per heavy atom. The molecule has 17 nitrogen and oxygen atoms in total. The number of nitrogens with zero attached hydrogens (tertiary/aromatic N) is 3. The van der Waals surface area contributed by atoms with E-state index in [-0.39, 0.29) is 104 Å². The first-order valence-corrected chi connectivity index (χ1v) is 12.9. The molecule has 0 aromatic rings. The summed E-state index contributed by atoms with van der Waals surface area (Å²) >= 11 is 0. The van der Waals surface area contributed by atoms with Crippen LogP contribution in [0.4, 0.5) is 0 Å². The fourth-order valence-electron chi connectivity index (χ4n) is 2.85. The summed E-state index contributed by atoms with van der Waals surface area (Å²) in [6.07, 6.45) is -0.404. The number of carbonyl (C=O) groups excluding carboxylic acids is 6. The second-order valence-corrected chi connectivity index (χ2v) is 8.44. The molecule has 0 heterocycles. The lowest BCUT2D eigenvalue weighted by atomic mass is 10.2. The maximum atomic E-state index is 11.9. The number of nitrogens with two attached hydrogens (primary N) is 1. The van der Waals surface area contributed by atoms with Crippen LogP contribution in [0.1, 0.15) is 51.9 Å². The summed E-state index contributed by atoms with van der Waals surface area (Å²) < 4.78 is 10.4. The van der Waals surface area contributed by atoms with E-state index in [0.29, 0.717) is 21.6 Å². The van der Waals surface area contributed by atoms with Crippen molar-refractivity contribution in [2.24, 2.45) is 5.73 Å². The van der Waals surface area contributed by atoms with Crippen molar-refractivity contribution in [3.8, 4) is 0 Å². The van der Waals surface area contributed by atoms with Crippen LogP contribution in [0.5, 0.6) is 0 Å². The van der Waals surface area contributed by atoms with Crippen molar-refractivity contribution >= 4 is 35.4 Å². The number of primary amides is 1. The van der Waals surface area contributed by atoms with Gasteiger partial charge in [-0.2, -0.15) is 0 Å². The Morgan fingerprint density at radius 3 is 1.35 bits per heavy atom. The molecule has 0 fully saturated rings. The molecule has 0 atom stereocenters. The Hall–Kier alpha value is -3.38. The first-order chi connectivity index (χ1) is 19.0. The van der Waals surface area contributed by atoms with E-state index >= 15 is 0 Å². The summed E-state index contributed by atoms with van der Waals surface area (Å²) in [5.74, 6) is -3.37. The third kappa shape index (κ3) is 19.7. The van der Waals surface area contributed by atoms with E-state index in [4.69, 9.17) is 15.2 Å². The molecule has 17 heteroatoms. The zero-order valence-electron chi connectivity index (χ0n) is 22.8. The number of hydroxylamine groups is 6. The highest BCUT2D eigenvalue weighted by Gasteiger charge is 2.14. The summed E-state index contributed by atoms with van der Waals surface area (Å²) in [5, 5.41) is 35.1. The van der Waals surface area contributed by atoms with E-state index < -0.39 is 29.5 Å². The third-order valence-electron chi connectivity index (χ3n) is 5.05. The smallest absolute Gasteiger partial charge is 0.246 e. The molecule has 0 radical (unpaired) electrons. The van der Waals surface area contributed by atoms with Gasteiger partial charge in [-0.1, -0.05) is 6.92 Å². The molecule has 0 aromatic carbocycles. The number of amides is 6. The Labute approximate surface area is 232 Å². The van der Waals surface area contributed by atoms with Crippen molar-refractivity contribution in [1.82, 2.24) is 25.8 Å². The quantitative estimate of drug-likeness (QED) is 0.0446. The topological polar surface area (TPSA) is 241 Å². The molecular formula is C23H42N6O11. The molecule has 0 rings (SSSR count). The molecule has 0 unspecified atom stereocenters. The Balaban J connectivity index is 3.78. The molecule has 40 heavy (non-hydrogen) atoms. The van der Waals surface area contributed by atoms with Crippen LogP contribution in [0.3, 0.4) is 0 Å². The highest BCUT2D eigenvalue weighted by molar-refractivity contribution is 5.84. The molecular weight excluding hydrogens is 536 g/mol. The van der Waals surface area contributed by atoms with E-state index in [1.54, 1.807) is 6.92 Å². The molecule has 7 N–H and O–H groups in total. The molecule has 0 saturated heterocycles. The zero-order chi connectivity index (χ0) is 30.3. The van der Waals surface area contributed by atoms with E-state index in [1.807, 2.05) is 0 Å². The predicted molar refractivity (Wildman–Crippen MR) is 135 cm³/mol. The van der Waals surface area contributed by atoms with Crippen LogP contribution in [0.15, 0.2) is 0 Å². The average Bonchev–Trinajstić information content (AvgIpc) is 2.92. The van der Waals surface area contributed by atoms with Gasteiger partial charge in [-0.15, -0.1) is 0 Å². The van der Waals surface area contributed by atoms with E-state index in [9.17, 15) is 44.4 Å². The normalized spacial score (nSPS) is 10.5. The van der Waals surface area contributed by atoms with Crippen LogP contribution >= 0.6 is 0 Å². The van der Waals surface area contributed by atoms with Crippen LogP contribution in [-0.2, 0) is 38.2 Å². The maximum Gasteiger partial charge on any atom is 0.246 e. The van der Waals surface area contributed by atoms with Gasteiger partial charge in [0.25, 0.3) is 0 Å². The Morgan fingerprint density at radius 2 is 0.975 bits per heavy atom. The van der Waals surface area contributed by atoms with Gasteiger partial charge in [-0.05, 0) is 6.42 Å². The minimum atomic E-state index is -0.682. The summed E-state index contributed by atoms with van der Waals surface area (Å²) in [6, 6.07) is 0. The average molecular weight is 579 g/mol. The van der Waals surface area contributed by atoms with Gasteiger partial charge in [0.05, 0.1) is 39.5 Å². The van der Waals surface area contributed by atoms with Crippen LogP contribution in [-0.4, -0.2) is 125 Å². The van der Waals surface area contributed by atoms with Crippen LogP contribution in [0, 0.1) is 0 Å². The molecule has 0 spiro atoms. The summed E-state index contributed by atoms with van der Waals surface area (Å²) in [7, 11) is 0. The van der Waals surface area contributed by atoms with E-state index in [2.05, 4.69) is 10.6 Å². The first-order valence-electron chi connectivity index (χ1n) is 12.9. The highest BCUT2D eigenvalue weighted by Crippen LogP contribution is 1.98. The van der Waals surface area contributed by atoms with Gasteiger partial charge in [-0.25, -0.2) is 15.2 Å². The second kappa shape index (κ2) is 22.4. The van der Waals surface area contributed by atoms with Crippen molar-refractivity contribution in [2.45, 2.75) is 51.9 Å². The van der Waals surface area contributed by atoms with Crippen molar-refractivity contribution in [1.29, 1.82) is 0 Å². The SMILES string of the molecule is CCCN(O)C(=O)CCC(=O)NCCOCCN(O)C(=O)CCC(=O)NCCOCCN(O)C(=O)CCC(N)=O. The summed E-state index contributed by atoms with van der Waals surface area (Å²) in [4.78, 5) is 69.1. The Bertz CT molecular complexity index is 814. The molecule has 0 saturated carbocycles. The predicted octanol–water partition coefficient (Wildman–Crippen LogP) is -1.86. The van der Waals surface area contributed by atoms with Gasteiger partial charge < -0.3 is 25.8 Å². The molecule has 0 aliphatic carbocycles. The largest absolute Gasteiger partial charge is 0.378 e. The fraction of sp³-hybridized carbons (Fsp3) is 0.739. The van der Waals surface area contributed by atoms with Crippen LogP contribution < -0.4 is 16.4 Å². The van der Waals surface area contributed by atoms with Crippen molar-refractivity contribution < 1.29 is 53.9 Å². The van der Waals surface area contributed by atoms with Gasteiger partial charge in [-0.3, -0.25) is 44.4 Å².